The van der Waals surface area contributed by atoms with Crippen LogP contribution in [0.3, 0.4) is 0 Å². The minimum Gasteiger partial charge on any atom is -0.483 e. The Morgan fingerprint density at radius 2 is 1.77 bits per heavy atom. The maximum atomic E-state index is 13.3. The van der Waals surface area contributed by atoms with Crippen molar-refractivity contribution in [2.45, 2.75) is 0 Å². The lowest BCUT2D eigenvalue weighted by molar-refractivity contribution is -0.122. The molecule has 1 saturated heterocycles. The number of anilines is 2. The maximum Gasteiger partial charge on any atom is 0.337 e. The third-order valence-electron chi connectivity index (χ3n) is 5.43. The van der Waals surface area contributed by atoms with Gasteiger partial charge in [0.2, 0.25) is 0 Å². The molecule has 0 bridgehead atoms. The van der Waals surface area contributed by atoms with Crippen molar-refractivity contribution in [3.05, 3.63) is 92.9 Å². The van der Waals surface area contributed by atoms with E-state index in [1.165, 1.54) is 37.5 Å². The number of hydrogen-bond acceptors (Lipinski definition) is 7. The molecule has 1 heterocycles. The van der Waals surface area contributed by atoms with E-state index in [2.05, 4.69) is 31.3 Å². The van der Waals surface area contributed by atoms with Gasteiger partial charge in [-0.3, -0.25) is 19.7 Å². The van der Waals surface area contributed by atoms with E-state index in [9.17, 15) is 24.0 Å². The van der Waals surface area contributed by atoms with Crippen LogP contribution in [0, 0.1) is 0 Å². The molecule has 1 aliphatic rings. The normalized spacial score (nSPS) is 14.2. The van der Waals surface area contributed by atoms with Gasteiger partial charge < -0.3 is 14.8 Å². The van der Waals surface area contributed by atoms with E-state index in [0.717, 1.165) is 4.90 Å². The first-order valence-corrected chi connectivity index (χ1v) is 12.4. The number of benzene rings is 3. The summed E-state index contributed by atoms with van der Waals surface area (Å²) in [7, 11) is 1.23. The molecule has 3 aromatic carbocycles. The Hall–Kier alpha value is -4.48. The van der Waals surface area contributed by atoms with Gasteiger partial charge in [0.25, 0.3) is 17.7 Å². The molecule has 39 heavy (non-hydrogen) atoms. The van der Waals surface area contributed by atoms with Crippen molar-refractivity contribution in [1.29, 1.82) is 0 Å². The van der Waals surface area contributed by atoms with Gasteiger partial charge in [-0.05, 0) is 60.7 Å². The molecule has 3 aromatic rings. The standard InChI is InChI=1S/C27H19BrClN3O7/c1-38-26(36)15-6-9-18(10-7-15)32-25(35)19(24(34)31-27(32)37)13-16-12-17(28)8-11-22(16)39-14-23(33)30-21-5-3-2-4-20(21)29/h2-13H,14H2,1H3,(H,30,33)(H,31,34,37)/b19-13-. The van der Waals surface area contributed by atoms with E-state index >= 15 is 0 Å². The minimum atomic E-state index is -0.949. The molecule has 0 unspecified atom stereocenters. The van der Waals surface area contributed by atoms with Crippen molar-refractivity contribution in [1.82, 2.24) is 5.32 Å². The van der Waals surface area contributed by atoms with Crippen molar-refractivity contribution in [3.8, 4) is 5.75 Å². The monoisotopic (exact) mass is 611 g/mol. The minimum absolute atomic E-state index is 0.130. The van der Waals surface area contributed by atoms with Gasteiger partial charge in [-0.15, -0.1) is 0 Å². The Kier molecular flexibility index (Phi) is 8.43. The average molecular weight is 613 g/mol. The number of esters is 1. The number of nitrogens with one attached hydrogen (secondary N) is 2. The van der Waals surface area contributed by atoms with Gasteiger partial charge in [0.15, 0.2) is 6.61 Å². The zero-order chi connectivity index (χ0) is 28.1. The molecule has 0 spiro atoms. The Morgan fingerprint density at radius 1 is 1.05 bits per heavy atom. The predicted octanol–water partition coefficient (Wildman–Crippen LogP) is 4.57. The van der Waals surface area contributed by atoms with Crippen LogP contribution in [0.15, 0.2) is 76.8 Å². The molecule has 0 saturated carbocycles. The van der Waals surface area contributed by atoms with Crippen molar-refractivity contribution in [3.63, 3.8) is 0 Å². The molecule has 198 valence electrons. The molecular weight excluding hydrogens is 594 g/mol. The van der Waals surface area contributed by atoms with Crippen LogP contribution in [-0.4, -0.2) is 43.4 Å². The van der Waals surface area contributed by atoms with Gasteiger partial charge >= 0.3 is 12.0 Å². The van der Waals surface area contributed by atoms with Crippen molar-refractivity contribution in [2.75, 3.05) is 23.9 Å². The molecule has 10 nitrogen and oxygen atoms in total. The van der Waals surface area contributed by atoms with Crippen LogP contribution in [0.1, 0.15) is 15.9 Å². The van der Waals surface area contributed by atoms with Crippen LogP contribution < -0.4 is 20.3 Å². The predicted molar refractivity (Wildman–Crippen MR) is 147 cm³/mol. The number of nitrogens with zero attached hydrogens (tertiary/aromatic N) is 1. The number of halogens is 2. The van der Waals surface area contributed by atoms with Gasteiger partial charge in [0.1, 0.15) is 11.3 Å². The number of para-hydroxylation sites is 1. The van der Waals surface area contributed by atoms with Crippen LogP contribution in [0.2, 0.25) is 5.02 Å². The summed E-state index contributed by atoms with van der Waals surface area (Å²) in [5.74, 6) is -2.67. The van der Waals surface area contributed by atoms with Crippen LogP contribution >= 0.6 is 27.5 Å². The molecule has 0 aliphatic carbocycles. The molecule has 1 aliphatic heterocycles. The fourth-order valence-electron chi connectivity index (χ4n) is 3.57. The summed E-state index contributed by atoms with van der Waals surface area (Å²) < 4.78 is 10.9. The van der Waals surface area contributed by atoms with Crippen LogP contribution in [0.5, 0.6) is 5.75 Å². The number of imide groups is 2. The highest BCUT2D eigenvalue weighted by molar-refractivity contribution is 9.10. The smallest absolute Gasteiger partial charge is 0.337 e. The highest BCUT2D eigenvalue weighted by atomic mass is 79.9. The lowest BCUT2D eigenvalue weighted by Crippen LogP contribution is -2.54. The summed E-state index contributed by atoms with van der Waals surface area (Å²) in [6.45, 7) is -0.389. The third-order valence-corrected chi connectivity index (χ3v) is 6.25. The molecular formula is C27H19BrClN3O7. The topological polar surface area (TPSA) is 131 Å². The maximum absolute atomic E-state index is 13.3. The van der Waals surface area contributed by atoms with Gasteiger partial charge in [-0.25, -0.2) is 14.5 Å². The highest BCUT2D eigenvalue weighted by Gasteiger charge is 2.37. The van der Waals surface area contributed by atoms with E-state index in [4.69, 9.17) is 16.3 Å². The molecule has 0 atom stereocenters. The zero-order valence-electron chi connectivity index (χ0n) is 20.2. The number of carbonyl (C=O) groups excluding carboxylic acids is 5. The second-order valence-corrected chi connectivity index (χ2v) is 9.32. The molecule has 0 radical (unpaired) electrons. The number of urea groups is 1. The Bertz CT molecular complexity index is 1520. The van der Waals surface area contributed by atoms with E-state index in [-0.39, 0.29) is 29.2 Å². The summed E-state index contributed by atoms with van der Waals surface area (Å²) in [6.07, 6.45) is 1.26. The van der Waals surface area contributed by atoms with E-state index in [0.29, 0.717) is 20.7 Å². The SMILES string of the molecule is COC(=O)c1ccc(N2C(=O)NC(=O)/C(=C/c3cc(Br)ccc3OCC(=O)Nc3ccccc3Cl)C2=O)cc1. The quantitative estimate of drug-likeness (QED) is 0.227. The Morgan fingerprint density at radius 3 is 2.46 bits per heavy atom. The number of hydrogen-bond donors (Lipinski definition) is 2. The fraction of sp³-hybridized carbons (Fsp3) is 0.0741. The van der Waals surface area contributed by atoms with Crippen LogP contribution in [0.4, 0.5) is 16.2 Å². The van der Waals surface area contributed by atoms with Gasteiger partial charge in [0, 0.05) is 10.0 Å². The molecule has 1 fully saturated rings. The molecule has 12 heteroatoms. The summed E-state index contributed by atoms with van der Waals surface area (Å²) in [5.41, 5.74) is 0.705. The third kappa shape index (κ3) is 6.33. The molecule has 5 amide bonds. The van der Waals surface area contributed by atoms with Gasteiger partial charge in [-0.1, -0.05) is 39.7 Å². The number of amides is 5. The number of barbiturate groups is 1. The zero-order valence-corrected chi connectivity index (χ0v) is 22.5. The van der Waals surface area contributed by atoms with Crippen molar-refractivity contribution in [2.24, 2.45) is 0 Å². The Labute approximate surface area is 235 Å². The highest BCUT2D eigenvalue weighted by Crippen LogP contribution is 2.28. The first-order chi connectivity index (χ1) is 18.7. The number of rotatable bonds is 7. The van der Waals surface area contributed by atoms with Crippen molar-refractivity contribution >= 4 is 74.7 Å². The van der Waals surface area contributed by atoms with Crippen LogP contribution in [-0.2, 0) is 19.1 Å². The number of ether oxygens (including phenoxy) is 2. The Balaban J connectivity index is 1.58. The largest absolute Gasteiger partial charge is 0.483 e. The summed E-state index contributed by atoms with van der Waals surface area (Å²) in [6, 6.07) is 16.1. The lowest BCUT2D eigenvalue weighted by Gasteiger charge is -2.26. The summed E-state index contributed by atoms with van der Waals surface area (Å²) >= 11 is 9.41. The van der Waals surface area contributed by atoms with Gasteiger partial charge in [-0.2, -0.15) is 0 Å². The summed E-state index contributed by atoms with van der Waals surface area (Å²) in [5, 5.41) is 5.13. The average Bonchev–Trinajstić information content (AvgIpc) is 2.91. The van der Waals surface area contributed by atoms with E-state index in [1.54, 1.807) is 42.5 Å². The first-order valence-electron chi connectivity index (χ1n) is 11.2. The molecule has 2 N–H and O–H groups in total. The van der Waals surface area contributed by atoms with Gasteiger partial charge in [0.05, 0.1) is 29.1 Å². The molecule has 4 rings (SSSR count). The van der Waals surface area contributed by atoms with Crippen LogP contribution in [0.25, 0.3) is 6.08 Å². The number of carbonyl (C=O) groups is 5. The fourth-order valence-corrected chi connectivity index (χ4v) is 4.13. The second kappa shape index (κ2) is 11.9. The lowest BCUT2D eigenvalue weighted by atomic mass is 10.1. The van der Waals surface area contributed by atoms with Crippen molar-refractivity contribution < 1.29 is 33.4 Å². The summed E-state index contributed by atoms with van der Waals surface area (Å²) in [4.78, 5) is 63.3. The second-order valence-electron chi connectivity index (χ2n) is 8.00. The van der Waals surface area contributed by atoms with E-state index in [1.807, 2.05) is 0 Å². The molecule has 0 aromatic heterocycles. The first kappa shape index (κ1) is 27.6. The number of methoxy groups -OCH3 is 1. The van der Waals surface area contributed by atoms with E-state index < -0.39 is 29.7 Å².